The third-order valence-electron chi connectivity index (χ3n) is 5.44. The zero-order chi connectivity index (χ0) is 20.5. The third-order valence-corrected chi connectivity index (χ3v) is 5.67. The largest absolute Gasteiger partial charge is 0.497 e. The number of ether oxygens (including phenoxy) is 2. The van der Waals surface area contributed by atoms with E-state index in [0.717, 1.165) is 27.7 Å². The van der Waals surface area contributed by atoms with Gasteiger partial charge in [-0.2, -0.15) is 0 Å². The number of aromatic nitrogens is 1. The van der Waals surface area contributed by atoms with E-state index in [4.69, 9.17) is 21.1 Å². The molecule has 0 radical (unpaired) electrons. The van der Waals surface area contributed by atoms with Gasteiger partial charge >= 0.3 is 5.97 Å². The Morgan fingerprint density at radius 3 is 2.52 bits per heavy atom. The minimum atomic E-state index is -0.759. The molecule has 0 saturated heterocycles. The van der Waals surface area contributed by atoms with Gasteiger partial charge in [0.05, 0.1) is 20.3 Å². The van der Waals surface area contributed by atoms with Crippen molar-refractivity contribution in [2.75, 3.05) is 20.1 Å². The van der Waals surface area contributed by atoms with Gasteiger partial charge in [-0.3, -0.25) is 4.79 Å². The predicted octanol–water partition coefficient (Wildman–Crippen LogP) is 3.43. The number of nitrogens with one attached hydrogen (secondary N) is 1. The second-order valence-electron chi connectivity index (χ2n) is 6.92. The van der Waals surface area contributed by atoms with Crippen molar-refractivity contribution in [3.8, 4) is 5.75 Å². The molecule has 0 spiro atoms. The summed E-state index contributed by atoms with van der Waals surface area (Å²) >= 11 is 5.93. The molecule has 0 unspecified atom stereocenters. The van der Waals surface area contributed by atoms with Crippen LogP contribution in [0.25, 0.3) is 10.9 Å². The summed E-state index contributed by atoms with van der Waals surface area (Å²) in [6.45, 7) is 0. The Bertz CT molecular complexity index is 1060. The number of hydrogen-bond acceptors (Lipinski definition) is 4. The van der Waals surface area contributed by atoms with E-state index < -0.39 is 18.1 Å². The smallest absolute Gasteiger partial charge is 0.328 e. The molecule has 4 rings (SSSR count). The quantitative estimate of drug-likeness (QED) is 0.526. The number of carbonyl (C=O) groups excluding carboxylic acids is 2. The highest BCUT2D eigenvalue weighted by Gasteiger charge is 2.43. The molecule has 0 bridgehead atoms. The first-order chi connectivity index (χ1) is 14.1. The Morgan fingerprint density at radius 1 is 1.14 bits per heavy atom. The standard InChI is InChI=1S/C22H21ClN2O4/c1-28-14-9-7-13(8-10-14)21-20-16(15-5-3-4-6-17(15)24-20)11-18(22(27)29-2)25(21)19(26)12-23/h3-10,18,21,24H,11-12H2,1-2H3/t18-,21+/m1/s1. The number of alkyl halides is 1. The van der Waals surface area contributed by atoms with Gasteiger partial charge in [-0.25, -0.2) is 4.79 Å². The molecule has 0 aliphatic carbocycles. The molecule has 7 heteroatoms. The number of amides is 1. The number of fused-ring (bicyclic) bond motifs is 3. The summed E-state index contributed by atoms with van der Waals surface area (Å²) in [4.78, 5) is 30.5. The van der Waals surface area contributed by atoms with Crippen LogP contribution in [0.15, 0.2) is 48.5 Å². The molecule has 1 amide bonds. The molecular formula is C22H21ClN2O4. The number of H-pyrrole nitrogens is 1. The fraction of sp³-hybridized carbons (Fsp3) is 0.273. The third kappa shape index (κ3) is 3.23. The summed E-state index contributed by atoms with van der Waals surface area (Å²) in [5, 5.41) is 1.04. The monoisotopic (exact) mass is 412 g/mol. The summed E-state index contributed by atoms with van der Waals surface area (Å²) in [7, 11) is 2.93. The number of aromatic amines is 1. The average molecular weight is 413 g/mol. The summed E-state index contributed by atoms with van der Waals surface area (Å²) < 4.78 is 10.3. The van der Waals surface area contributed by atoms with Crippen LogP contribution in [0.5, 0.6) is 5.75 Å². The van der Waals surface area contributed by atoms with E-state index in [2.05, 4.69) is 4.98 Å². The molecule has 0 fully saturated rings. The lowest BCUT2D eigenvalue weighted by Gasteiger charge is -2.40. The first-order valence-corrected chi connectivity index (χ1v) is 9.80. The van der Waals surface area contributed by atoms with Crippen molar-refractivity contribution in [1.29, 1.82) is 0 Å². The predicted molar refractivity (Wildman–Crippen MR) is 110 cm³/mol. The van der Waals surface area contributed by atoms with Gasteiger partial charge in [-0.1, -0.05) is 30.3 Å². The Morgan fingerprint density at radius 2 is 1.86 bits per heavy atom. The van der Waals surface area contributed by atoms with Gasteiger partial charge in [0.2, 0.25) is 5.91 Å². The summed E-state index contributed by atoms with van der Waals surface area (Å²) in [5.41, 5.74) is 3.70. The first-order valence-electron chi connectivity index (χ1n) is 9.27. The van der Waals surface area contributed by atoms with Crippen LogP contribution in [0.1, 0.15) is 22.9 Å². The Kier molecular flexibility index (Phi) is 5.20. The molecule has 1 aliphatic rings. The minimum absolute atomic E-state index is 0.226. The Hall–Kier alpha value is -2.99. The first kappa shape index (κ1) is 19.3. The van der Waals surface area contributed by atoms with Crippen LogP contribution < -0.4 is 4.74 Å². The molecule has 6 nitrogen and oxygen atoms in total. The molecule has 150 valence electrons. The number of methoxy groups -OCH3 is 2. The zero-order valence-corrected chi connectivity index (χ0v) is 16.9. The van der Waals surface area contributed by atoms with Crippen LogP contribution in [-0.2, 0) is 20.7 Å². The average Bonchev–Trinajstić information content (AvgIpc) is 3.15. The summed E-state index contributed by atoms with van der Waals surface area (Å²) in [5.74, 6) is -0.304. The number of carbonyl (C=O) groups is 2. The van der Waals surface area contributed by atoms with E-state index >= 15 is 0 Å². The van der Waals surface area contributed by atoms with Gasteiger partial charge in [0, 0.05) is 23.0 Å². The number of para-hydroxylation sites is 1. The zero-order valence-electron chi connectivity index (χ0n) is 16.1. The lowest BCUT2D eigenvalue weighted by molar-refractivity contribution is -0.154. The van der Waals surface area contributed by atoms with E-state index in [1.165, 1.54) is 7.11 Å². The molecule has 3 aromatic rings. The number of hydrogen-bond donors (Lipinski definition) is 1. The molecule has 1 aliphatic heterocycles. The maximum Gasteiger partial charge on any atom is 0.328 e. The van der Waals surface area contributed by atoms with Gasteiger partial charge < -0.3 is 19.4 Å². The normalized spacial score (nSPS) is 18.4. The number of rotatable bonds is 4. The number of benzene rings is 2. The highest BCUT2D eigenvalue weighted by Crippen LogP contribution is 2.41. The number of nitrogens with zero attached hydrogens (tertiary/aromatic N) is 1. The Balaban J connectivity index is 1.95. The van der Waals surface area contributed by atoms with Gasteiger partial charge in [-0.15, -0.1) is 11.6 Å². The molecule has 0 saturated carbocycles. The van der Waals surface area contributed by atoms with E-state index in [1.54, 1.807) is 12.0 Å². The van der Waals surface area contributed by atoms with E-state index in [0.29, 0.717) is 12.2 Å². The SMILES string of the molecule is COC(=O)[C@H]1Cc2c([nH]c3ccccc23)[C@H](c2ccc(OC)cc2)N1C(=O)CCl. The number of halogens is 1. The van der Waals surface area contributed by atoms with Crippen LogP contribution in [0, 0.1) is 0 Å². The topological polar surface area (TPSA) is 71.6 Å². The summed E-state index contributed by atoms with van der Waals surface area (Å²) in [6, 6.07) is 14.1. The van der Waals surface area contributed by atoms with E-state index in [9.17, 15) is 9.59 Å². The van der Waals surface area contributed by atoms with Gasteiger partial charge in [0.1, 0.15) is 17.7 Å². The van der Waals surface area contributed by atoms with Crippen molar-refractivity contribution < 1.29 is 19.1 Å². The molecule has 1 aromatic heterocycles. The van der Waals surface area contributed by atoms with Crippen molar-refractivity contribution in [3.05, 3.63) is 65.4 Å². The lowest BCUT2D eigenvalue weighted by Crippen LogP contribution is -2.52. The van der Waals surface area contributed by atoms with Crippen LogP contribution in [-0.4, -0.2) is 47.9 Å². The van der Waals surface area contributed by atoms with Crippen molar-refractivity contribution in [2.24, 2.45) is 0 Å². The van der Waals surface area contributed by atoms with Crippen LogP contribution in [0.4, 0.5) is 0 Å². The van der Waals surface area contributed by atoms with Crippen molar-refractivity contribution >= 4 is 34.4 Å². The van der Waals surface area contributed by atoms with Gasteiger partial charge in [-0.05, 0) is 29.3 Å². The van der Waals surface area contributed by atoms with Crippen molar-refractivity contribution in [2.45, 2.75) is 18.5 Å². The van der Waals surface area contributed by atoms with Crippen LogP contribution in [0.2, 0.25) is 0 Å². The van der Waals surface area contributed by atoms with E-state index in [1.807, 2.05) is 48.5 Å². The fourth-order valence-corrected chi connectivity index (χ4v) is 4.26. The second kappa shape index (κ2) is 7.79. The van der Waals surface area contributed by atoms with Gasteiger partial charge in [0.15, 0.2) is 0 Å². The highest BCUT2D eigenvalue weighted by molar-refractivity contribution is 6.27. The van der Waals surface area contributed by atoms with E-state index in [-0.39, 0.29) is 11.8 Å². The molecular weight excluding hydrogens is 392 g/mol. The lowest BCUT2D eigenvalue weighted by atomic mass is 9.88. The minimum Gasteiger partial charge on any atom is -0.497 e. The highest BCUT2D eigenvalue weighted by atomic mass is 35.5. The molecule has 2 heterocycles. The molecule has 2 atom stereocenters. The maximum atomic E-state index is 12.9. The van der Waals surface area contributed by atoms with Crippen molar-refractivity contribution in [1.82, 2.24) is 9.88 Å². The van der Waals surface area contributed by atoms with Gasteiger partial charge in [0.25, 0.3) is 0 Å². The molecule has 29 heavy (non-hydrogen) atoms. The van der Waals surface area contributed by atoms with Crippen LogP contribution >= 0.6 is 11.6 Å². The Labute approximate surface area is 173 Å². The number of esters is 1. The second-order valence-corrected chi connectivity index (χ2v) is 7.18. The van der Waals surface area contributed by atoms with Crippen molar-refractivity contribution in [3.63, 3.8) is 0 Å². The molecule has 2 aromatic carbocycles. The molecule has 1 N–H and O–H groups in total. The fourth-order valence-electron chi connectivity index (χ4n) is 4.12. The summed E-state index contributed by atoms with van der Waals surface area (Å²) in [6.07, 6.45) is 0.362. The van der Waals surface area contributed by atoms with Crippen LogP contribution in [0.3, 0.4) is 0 Å². The maximum absolute atomic E-state index is 12.9.